The Hall–Kier alpha value is -3.42. The molecule has 1 aliphatic heterocycles. The molecule has 0 amide bonds. The molecule has 0 radical (unpaired) electrons. The number of Topliss-reactive ketones (excluding diaryl/α,β-unsaturated/α-hetero) is 2. The molecule has 2 aliphatic carbocycles. The van der Waals surface area contributed by atoms with Crippen LogP contribution in [0, 0.1) is 10.8 Å². The molecule has 2 heterocycles. The van der Waals surface area contributed by atoms with Crippen LogP contribution in [0.4, 0.5) is 0 Å². The molecule has 8 heteroatoms. The number of hydrogen-bond donors (Lipinski definition) is 1. The summed E-state index contributed by atoms with van der Waals surface area (Å²) in [5, 5.41) is 9.88. The first-order valence-corrected chi connectivity index (χ1v) is 11.1. The summed E-state index contributed by atoms with van der Waals surface area (Å²) in [6.07, 6.45) is 2.16. The molecule has 0 saturated heterocycles. The van der Waals surface area contributed by atoms with Crippen LogP contribution in [-0.4, -0.2) is 30.6 Å². The van der Waals surface area contributed by atoms with Gasteiger partial charge in [0, 0.05) is 18.4 Å². The number of ketones is 2. The van der Waals surface area contributed by atoms with Crippen LogP contribution < -0.4 is 11.4 Å². The van der Waals surface area contributed by atoms with Crippen LogP contribution in [0.1, 0.15) is 51.6 Å². The molecular weight excluding hydrogens is 422 g/mol. The normalized spacial score (nSPS) is 31.1. The van der Waals surface area contributed by atoms with Crippen molar-refractivity contribution in [3.63, 3.8) is 0 Å². The van der Waals surface area contributed by atoms with Gasteiger partial charge in [-0.3, -0.25) is 9.59 Å². The van der Waals surface area contributed by atoms with Crippen LogP contribution in [0.15, 0.2) is 56.6 Å². The summed E-state index contributed by atoms with van der Waals surface area (Å²) in [7, 11) is 1.44. The average molecular weight is 450 g/mol. The minimum atomic E-state index is -1.09. The summed E-state index contributed by atoms with van der Waals surface area (Å²) in [5.74, 6) is -0.587. The van der Waals surface area contributed by atoms with Crippen LogP contribution in [0.25, 0.3) is 0 Å². The van der Waals surface area contributed by atoms with E-state index in [1.807, 2.05) is 19.9 Å². The van der Waals surface area contributed by atoms with Gasteiger partial charge in [0.2, 0.25) is 0 Å². The lowest BCUT2D eigenvalue weighted by Crippen LogP contribution is -2.61. The first kappa shape index (κ1) is 21.4. The standard InChI is InChI=1S/C25H27N3O5/c1-13-14(2)21(31)25(4)19(15-6-8-16(29)9-7-15)17-10-11-27-22(32)26(5)23(33)28(27)18(17)12-24(25,3)20(13)30/h6-10,18-19,29H,11-12H2,1-5H3/t18-,19+,24+,25-/m1/s1. The van der Waals surface area contributed by atoms with E-state index in [-0.39, 0.29) is 30.3 Å². The van der Waals surface area contributed by atoms with E-state index < -0.39 is 34.2 Å². The van der Waals surface area contributed by atoms with Crippen LogP contribution in [0.5, 0.6) is 5.75 Å². The molecule has 1 N–H and O–H groups in total. The Morgan fingerprint density at radius 2 is 1.55 bits per heavy atom. The van der Waals surface area contributed by atoms with Gasteiger partial charge in [0.25, 0.3) is 0 Å². The van der Waals surface area contributed by atoms with Crippen molar-refractivity contribution in [2.45, 2.75) is 52.6 Å². The third kappa shape index (κ3) is 2.41. The number of nitrogens with zero attached hydrogens (tertiary/aromatic N) is 3. The Kier molecular flexibility index (Phi) is 4.26. The van der Waals surface area contributed by atoms with Gasteiger partial charge in [-0.25, -0.2) is 23.5 Å². The number of benzene rings is 1. The van der Waals surface area contributed by atoms with E-state index in [9.17, 15) is 24.3 Å². The Morgan fingerprint density at radius 3 is 2.18 bits per heavy atom. The number of aromatic hydroxyl groups is 1. The molecular formula is C25H27N3O5. The van der Waals surface area contributed by atoms with E-state index >= 15 is 0 Å². The van der Waals surface area contributed by atoms with E-state index in [0.717, 1.165) is 15.7 Å². The van der Waals surface area contributed by atoms with Gasteiger partial charge in [-0.2, -0.15) is 0 Å². The van der Waals surface area contributed by atoms with Crippen molar-refractivity contribution in [1.82, 2.24) is 13.9 Å². The number of phenolic OH excluding ortho intramolecular Hbond substituents is 1. The van der Waals surface area contributed by atoms with E-state index in [4.69, 9.17) is 0 Å². The van der Waals surface area contributed by atoms with Gasteiger partial charge in [0.1, 0.15) is 5.75 Å². The fraction of sp³-hybridized carbons (Fsp3) is 0.440. The zero-order chi connectivity index (χ0) is 24.0. The van der Waals surface area contributed by atoms with Crippen molar-refractivity contribution < 1.29 is 14.7 Å². The van der Waals surface area contributed by atoms with Gasteiger partial charge in [-0.05, 0) is 54.7 Å². The largest absolute Gasteiger partial charge is 0.508 e. The van der Waals surface area contributed by atoms with E-state index in [1.165, 1.54) is 16.4 Å². The van der Waals surface area contributed by atoms with Crippen molar-refractivity contribution in [3.05, 3.63) is 73.6 Å². The van der Waals surface area contributed by atoms with Gasteiger partial charge in [0.15, 0.2) is 11.6 Å². The lowest BCUT2D eigenvalue weighted by atomic mass is 9.43. The molecule has 1 aromatic heterocycles. The predicted molar refractivity (Wildman–Crippen MR) is 121 cm³/mol. The summed E-state index contributed by atoms with van der Waals surface area (Å²) in [6, 6.07) is 6.12. The highest BCUT2D eigenvalue weighted by atomic mass is 16.3. The molecule has 0 bridgehead atoms. The van der Waals surface area contributed by atoms with Gasteiger partial charge < -0.3 is 5.11 Å². The third-order valence-corrected chi connectivity index (χ3v) is 8.53. The Bertz CT molecular complexity index is 1420. The molecule has 3 aliphatic rings. The molecule has 1 saturated carbocycles. The number of phenols is 1. The lowest BCUT2D eigenvalue weighted by Gasteiger charge is -2.58. The van der Waals surface area contributed by atoms with Crippen molar-refractivity contribution in [1.29, 1.82) is 0 Å². The fourth-order valence-electron chi connectivity index (χ4n) is 6.35. The second-order valence-electron chi connectivity index (χ2n) is 9.94. The molecule has 1 fully saturated rings. The third-order valence-electron chi connectivity index (χ3n) is 8.53. The van der Waals surface area contributed by atoms with Crippen LogP contribution in [-0.2, 0) is 23.2 Å². The van der Waals surface area contributed by atoms with Crippen molar-refractivity contribution in [2.75, 3.05) is 0 Å². The maximum atomic E-state index is 13.9. The van der Waals surface area contributed by atoms with Gasteiger partial charge in [0.05, 0.1) is 18.0 Å². The summed E-state index contributed by atoms with van der Waals surface area (Å²) >= 11 is 0. The quantitative estimate of drug-likeness (QED) is 0.673. The first-order valence-electron chi connectivity index (χ1n) is 11.1. The number of aromatic nitrogens is 3. The molecule has 33 heavy (non-hydrogen) atoms. The average Bonchev–Trinajstić information content (AvgIpc) is 3.02. The van der Waals surface area contributed by atoms with E-state index in [2.05, 4.69) is 0 Å². The topological polar surface area (TPSA) is 103 Å². The molecule has 8 nitrogen and oxygen atoms in total. The van der Waals surface area contributed by atoms with Crippen molar-refractivity contribution in [3.8, 4) is 5.75 Å². The number of allylic oxidation sites excluding steroid dienone is 4. The van der Waals surface area contributed by atoms with Crippen LogP contribution in [0.3, 0.4) is 0 Å². The summed E-state index contributed by atoms with van der Waals surface area (Å²) < 4.78 is 3.93. The summed E-state index contributed by atoms with van der Waals surface area (Å²) in [4.78, 5) is 53.4. The predicted octanol–water partition coefficient (Wildman–Crippen LogP) is 2.22. The van der Waals surface area contributed by atoms with Crippen molar-refractivity contribution in [2.24, 2.45) is 17.9 Å². The number of carbonyl (C=O) groups excluding carboxylic acids is 2. The van der Waals surface area contributed by atoms with Gasteiger partial charge in [-0.1, -0.05) is 32.1 Å². The molecule has 4 atom stereocenters. The van der Waals surface area contributed by atoms with Crippen molar-refractivity contribution >= 4 is 11.6 Å². The zero-order valence-electron chi connectivity index (χ0n) is 19.4. The van der Waals surface area contributed by atoms with E-state index in [0.29, 0.717) is 11.1 Å². The van der Waals surface area contributed by atoms with Gasteiger partial charge >= 0.3 is 11.4 Å². The molecule has 172 valence electrons. The second kappa shape index (κ2) is 6.56. The summed E-state index contributed by atoms with van der Waals surface area (Å²) in [6.45, 7) is 7.27. The SMILES string of the molecule is CC1=C(C)C(=O)[C@@]2(C)[C@@H](c3ccc(O)cc3)C3=CCn4c(=O)n(C)c(=O)n4[C@@H]3C[C@@]2(C)C1=O. The lowest BCUT2D eigenvalue weighted by molar-refractivity contribution is -0.151. The maximum Gasteiger partial charge on any atom is 0.347 e. The number of fused-ring (bicyclic) bond motifs is 4. The smallest absolute Gasteiger partial charge is 0.347 e. The minimum absolute atomic E-state index is 0.0807. The molecule has 0 spiro atoms. The summed E-state index contributed by atoms with van der Waals surface area (Å²) in [5.41, 5.74) is -0.483. The number of hydrogen-bond acceptors (Lipinski definition) is 5. The molecule has 2 aromatic rings. The fourth-order valence-corrected chi connectivity index (χ4v) is 6.35. The first-order chi connectivity index (χ1) is 15.4. The van der Waals surface area contributed by atoms with Crippen LogP contribution in [0.2, 0.25) is 0 Å². The monoisotopic (exact) mass is 449 g/mol. The molecule has 5 rings (SSSR count). The van der Waals surface area contributed by atoms with Crippen LogP contribution >= 0.6 is 0 Å². The van der Waals surface area contributed by atoms with Gasteiger partial charge in [-0.15, -0.1) is 0 Å². The minimum Gasteiger partial charge on any atom is -0.508 e. The van der Waals surface area contributed by atoms with E-state index in [1.54, 1.807) is 38.1 Å². The number of carbonyl (C=O) groups is 2. The Labute approximate surface area is 190 Å². The second-order valence-corrected chi connectivity index (χ2v) is 9.94. The highest BCUT2D eigenvalue weighted by molar-refractivity contribution is 6.17. The zero-order valence-corrected chi connectivity index (χ0v) is 19.4. The number of rotatable bonds is 1. The highest BCUT2D eigenvalue weighted by Gasteiger charge is 2.66. The Morgan fingerprint density at radius 1 is 0.939 bits per heavy atom. The molecule has 1 aromatic carbocycles. The Balaban J connectivity index is 1.85. The highest BCUT2D eigenvalue weighted by Crippen LogP contribution is 2.66. The maximum absolute atomic E-state index is 13.9. The molecule has 0 unspecified atom stereocenters.